The molecule has 0 aliphatic carbocycles. The van der Waals surface area contributed by atoms with Crippen LogP contribution in [0.5, 0.6) is 0 Å². The van der Waals surface area contributed by atoms with Crippen LogP contribution >= 0.6 is 12.4 Å². The maximum Gasteiger partial charge on any atom is 0.299 e. The molecule has 0 amide bonds. The third-order valence-corrected chi connectivity index (χ3v) is 4.16. The molecule has 0 saturated carbocycles. The third-order valence-electron chi connectivity index (χ3n) is 4.16. The zero-order chi connectivity index (χ0) is 16.3. The second kappa shape index (κ2) is 12.1. The summed E-state index contributed by atoms with van der Waals surface area (Å²) >= 11 is 0. The van der Waals surface area contributed by atoms with Crippen molar-refractivity contribution in [3.05, 3.63) is 24.8 Å². The van der Waals surface area contributed by atoms with Crippen molar-refractivity contribution in [2.45, 2.75) is 52.4 Å². The van der Waals surface area contributed by atoms with Crippen LogP contribution in [-0.4, -0.2) is 47.7 Å². The summed E-state index contributed by atoms with van der Waals surface area (Å²) < 4.78 is 0. The van der Waals surface area contributed by atoms with Crippen molar-refractivity contribution < 1.29 is 0 Å². The smallest absolute Gasteiger partial charge is 0.299 e. The number of aliphatic imine (C=N–C) groups is 2. The first-order chi connectivity index (χ1) is 11.3. The standard InChI is InChI=1S/C18H31N5.ClH/c1-3-5-13-22-15-11-20-17(22)7-9-19-10-8-18-21-12-16-23(18)14-6-4-2;/h11-12,15-16,19H,3-10,13-14H2,1-2H3;1H/q+2;. The van der Waals surface area contributed by atoms with E-state index in [-0.39, 0.29) is 12.4 Å². The molecule has 0 saturated heterocycles. The van der Waals surface area contributed by atoms with E-state index in [1.807, 2.05) is 12.4 Å². The number of rotatable bonds is 12. The molecule has 0 aromatic carbocycles. The largest absolute Gasteiger partial charge is 0.315 e. The fourth-order valence-electron chi connectivity index (χ4n) is 2.73. The monoisotopic (exact) mass is 353 g/mol. The van der Waals surface area contributed by atoms with Crippen LogP contribution in [0.1, 0.15) is 52.4 Å². The summed E-state index contributed by atoms with van der Waals surface area (Å²) in [5, 5.41) is 3.52. The first kappa shape index (κ1) is 20.7. The van der Waals surface area contributed by atoms with Gasteiger partial charge in [0.15, 0.2) is 12.4 Å². The molecule has 2 rings (SSSR count). The van der Waals surface area contributed by atoms with Crippen molar-refractivity contribution in [1.29, 1.82) is 0 Å². The van der Waals surface area contributed by atoms with E-state index in [2.05, 4.69) is 51.3 Å². The molecular formula is C18H32ClN5+2. The molecule has 2 aliphatic rings. The summed E-state index contributed by atoms with van der Waals surface area (Å²) in [6.07, 6.45) is 14.9. The summed E-state index contributed by atoms with van der Waals surface area (Å²) in [6, 6.07) is 0. The Kier molecular flexibility index (Phi) is 10.4. The van der Waals surface area contributed by atoms with Crippen molar-refractivity contribution in [2.24, 2.45) is 0 Å². The van der Waals surface area contributed by atoms with Gasteiger partial charge in [-0.3, -0.25) is 0 Å². The average Bonchev–Trinajstić information content (AvgIpc) is 3.19. The lowest BCUT2D eigenvalue weighted by molar-refractivity contribution is 0.515. The van der Waals surface area contributed by atoms with Gasteiger partial charge in [-0.2, -0.15) is 0 Å². The minimum atomic E-state index is 0. The Balaban J connectivity index is 0.00000288. The first-order valence-corrected chi connectivity index (χ1v) is 9.05. The van der Waals surface area contributed by atoms with Gasteiger partial charge in [-0.05, 0) is 12.8 Å². The highest BCUT2D eigenvalue weighted by Crippen LogP contribution is 2.05. The maximum absolute atomic E-state index is 4.47. The van der Waals surface area contributed by atoms with Crippen LogP contribution < -0.4 is 15.3 Å². The molecule has 0 fully saturated rings. The van der Waals surface area contributed by atoms with E-state index in [1.54, 1.807) is 0 Å². The number of halogens is 1. The lowest BCUT2D eigenvalue weighted by Gasteiger charge is -2.11. The fourth-order valence-corrected chi connectivity index (χ4v) is 2.73. The van der Waals surface area contributed by atoms with Crippen LogP contribution in [0.25, 0.3) is 0 Å². The van der Waals surface area contributed by atoms with E-state index in [4.69, 9.17) is 0 Å². The van der Waals surface area contributed by atoms with Crippen LogP contribution in [0.4, 0.5) is 0 Å². The molecule has 0 spiro atoms. The number of nitrogens with zero attached hydrogens (tertiary/aromatic N) is 4. The van der Waals surface area contributed by atoms with Gasteiger partial charge < -0.3 is 5.32 Å². The molecule has 0 aromatic heterocycles. The van der Waals surface area contributed by atoms with E-state index < -0.39 is 0 Å². The summed E-state index contributed by atoms with van der Waals surface area (Å²) in [6.45, 7) is 8.56. The SMILES string of the molecule is CCCCN1C=C[N+]=C1CCNCCC1=[N+]C=CN1CCCC.Cl. The molecule has 1 N–H and O–H groups in total. The molecule has 2 aliphatic heterocycles. The minimum absolute atomic E-state index is 0. The molecule has 0 aromatic rings. The van der Waals surface area contributed by atoms with Crippen LogP contribution in [0, 0.1) is 0 Å². The molecule has 0 unspecified atom stereocenters. The Morgan fingerprint density at radius 3 is 1.71 bits per heavy atom. The fraction of sp³-hybridized carbons (Fsp3) is 0.667. The van der Waals surface area contributed by atoms with E-state index >= 15 is 0 Å². The van der Waals surface area contributed by atoms with Gasteiger partial charge in [0, 0.05) is 13.1 Å². The van der Waals surface area contributed by atoms with Gasteiger partial charge in [0.05, 0.1) is 25.9 Å². The number of unbranched alkanes of at least 4 members (excludes halogenated alkanes) is 2. The van der Waals surface area contributed by atoms with E-state index in [9.17, 15) is 0 Å². The van der Waals surface area contributed by atoms with Gasteiger partial charge in [-0.25, -0.2) is 9.80 Å². The van der Waals surface area contributed by atoms with Crippen LogP contribution in [0.15, 0.2) is 24.8 Å². The van der Waals surface area contributed by atoms with E-state index in [0.29, 0.717) is 0 Å². The van der Waals surface area contributed by atoms with Crippen molar-refractivity contribution in [1.82, 2.24) is 25.1 Å². The Morgan fingerprint density at radius 2 is 1.29 bits per heavy atom. The first-order valence-electron chi connectivity index (χ1n) is 9.05. The van der Waals surface area contributed by atoms with Crippen LogP contribution in [0.2, 0.25) is 0 Å². The zero-order valence-electron chi connectivity index (χ0n) is 15.1. The third kappa shape index (κ3) is 6.65. The van der Waals surface area contributed by atoms with Crippen molar-refractivity contribution in [2.75, 3.05) is 26.2 Å². The summed E-state index contributed by atoms with van der Waals surface area (Å²) in [7, 11) is 0. The highest BCUT2D eigenvalue weighted by molar-refractivity contribution is 5.85. The molecule has 2 radical (unpaired) electrons. The van der Waals surface area contributed by atoms with Gasteiger partial charge in [0.2, 0.25) is 0 Å². The molecule has 134 valence electrons. The Hall–Kier alpha value is -1.33. The van der Waals surface area contributed by atoms with Crippen LogP contribution in [-0.2, 0) is 0 Å². The van der Waals surface area contributed by atoms with Crippen molar-refractivity contribution in [3.63, 3.8) is 0 Å². The number of hydrogen-bond acceptors (Lipinski definition) is 5. The van der Waals surface area contributed by atoms with E-state index in [1.165, 1.54) is 37.4 Å². The maximum atomic E-state index is 4.47. The molecule has 0 bridgehead atoms. The quantitative estimate of drug-likeness (QED) is 0.548. The topological polar surface area (TPSA) is 46.7 Å². The number of nitrogens with one attached hydrogen (secondary N) is 1. The Morgan fingerprint density at radius 1 is 0.833 bits per heavy atom. The second-order valence-electron chi connectivity index (χ2n) is 6.03. The second-order valence-corrected chi connectivity index (χ2v) is 6.03. The summed E-state index contributed by atoms with van der Waals surface area (Å²) in [5.41, 5.74) is 0. The average molecular weight is 354 g/mol. The van der Waals surface area contributed by atoms with Gasteiger partial charge in [-0.15, -0.1) is 12.4 Å². The van der Waals surface area contributed by atoms with Crippen molar-refractivity contribution >= 4 is 24.1 Å². The van der Waals surface area contributed by atoms with Gasteiger partial charge >= 0.3 is 0 Å². The minimum Gasteiger partial charge on any atom is -0.315 e. The van der Waals surface area contributed by atoms with Crippen LogP contribution in [0.3, 0.4) is 0 Å². The van der Waals surface area contributed by atoms with Gasteiger partial charge in [0.1, 0.15) is 12.4 Å². The highest BCUT2D eigenvalue weighted by Gasteiger charge is 2.23. The molecular weight excluding hydrogens is 322 g/mol. The Bertz CT molecular complexity index is 428. The lowest BCUT2D eigenvalue weighted by atomic mass is 10.2. The molecule has 0 atom stereocenters. The molecule has 24 heavy (non-hydrogen) atoms. The predicted molar refractivity (Wildman–Crippen MR) is 105 cm³/mol. The predicted octanol–water partition coefficient (Wildman–Crippen LogP) is 2.42. The molecule has 5 nitrogen and oxygen atoms in total. The van der Waals surface area contributed by atoms with Gasteiger partial charge in [0.25, 0.3) is 11.7 Å². The lowest BCUT2D eigenvalue weighted by Crippen LogP contribution is -2.32. The number of hydrogen-bond donors (Lipinski definition) is 1. The Labute approximate surface area is 153 Å². The molecule has 2 heterocycles. The zero-order valence-corrected chi connectivity index (χ0v) is 15.9. The van der Waals surface area contributed by atoms with Gasteiger partial charge in [-0.1, -0.05) is 36.7 Å². The van der Waals surface area contributed by atoms with Crippen molar-refractivity contribution in [3.8, 4) is 0 Å². The van der Waals surface area contributed by atoms with E-state index in [0.717, 1.165) is 39.0 Å². The highest BCUT2D eigenvalue weighted by atomic mass is 35.5. The normalized spacial score (nSPS) is 15.8. The molecule has 6 heteroatoms. The number of amidine groups is 2. The summed E-state index contributed by atoms with van der Waals surface area (Å²) in [5.74, 6) is 2.38. The summed E-state index contributed by atoms with van der Waals surface area (Å²) in [4.78, 5) is 13.5.